The van der Waals surface area contributed by atoms with Crippen molar-refractivity contribution in [2.75, 3.05) is 11.5 Å². The third-order valence-electron chi connectivity index (χ3n) is 6.34. The van der Waals surface area contributed by atoms with Crippen LogP contribution in [-0.4, -0.2) is 23.6 Å². The van der Waals surface area contributed by atoms with Crippen LogP contribution >= 0.6 is 11.8 Å². The molecule has 1 N–H and O–H groups in total. The number of aliphatic hydroxyl groups is 1. The van der Waals surface area contributed by atoms with Gasteiger partial charge in [0.2, 0.25) is 0 Å². The van der Waals surface area contributed by atoms with Gasteiger partial charge in [0.1, 0.15) is 18.1 Å². The lowest BCUT2D eigenvalue weighted by Crippen LogP contribution is -2.31. The summed E-state index contributed by atoms with van der Waals surface area (Å²) >= 11 is -0.303. The van der Waals surface area contributed by atoms with Gasteiger partial charge in [0.05, 0.1) is 18.2 Å². The molecular formula is C31H24F9NO3S. The van der Waals surface area contributed by atoms with Crippen molar-refractivity contribution in [3.8, 4) is 11.5 Å². The number of hydrogen-bond donors (Lipinski definition) is 1. The first kappa shape index (κ1) is 33.8. The van der Waals surface area contributed by atoms with Gasteiger partial charge in [0.15, 0.2) is 0 Å². The standard InChI is InChI=1S/C31H24F9NO3S/c32-29(33,34)23-12-10-22(11-13-23)28(18-42)41(17-20-4-2-9-27(15-20)45-31(38,39)40)24-6-3-7-25(16-24)43-19-21-5-1-8-26(14-21)44-30(35,36)37/h1-16,28,42H,17-19H2. The van der Waals surface area contributed by atoms with Crippen LogP contribution in [0.5, 0.6) is 11.5 Å². The number of benzene rings is 4. The Morgan fingerprint density at radius 2 is 1.36 bits per heavy atom. The minimum absolute atomic E-state index is 0.0568. The normalized spacial score (nSPS) is 12.9. The number of rotatable bonds is 11. The Kier molecular flexibility index (Phi) is 10.5. The zero-order valence-electron chi connectivity index (χ0n) is 23.0. The molecule has 4 aromatic rings. The smallest absolute Gasteiger partial charge is 0.489 e. The largest absolute Gasteiger partial charge is 0.573 e. The highest BCUT2D eigenvalue weighted by atomic mass is 32.2. The number of halogens is 9. The molecule has 0 saturated carbocycles. The zero-order chi connectivity index (χ0) is 32.8. The summed E-state index contributed by atoms with van der Waals surface area (Å²) in [4.78, 5) is 1.52. The van der Waals surface area contributed by atoms with Gasteiger partial charge in [0.25, 0.3) is 0 Å². The van der Waals surface area contributed by atoms with E-state index in [4.69, 9.17) is 4.74 Å². The predicted molar refractivity (Wildman–Crippen MR) is 150 cm³/mol. The third-order valence-corrected chi connectivity index (χ3v) is 7.06. The van der Waals surface area contributed by atoms with Gasteiger partial charge >= 0.3 is 18.0 Å². The molecule has 1 unspecified atom stereocenters. The monoisotopic (exact) mass is 661 g/mol. The highest BCUT2D eigenvalue weighted by molar-refractivity contribution is 8.00. The Labute approximate surface area is 256 Å². The summed E-state index contributed by atoms with van der Waals surface area (Å²) in [7, 11) is 0. The lowest BCUT2D eigenvalue weighted by molar-refractivity contribution is -0.274. The summed E-state index contributed by atoms with van der Waals surface area (Å²) in [6, 6.07) is 20.3. The van der Waals surface area contributed by atoms with Crippen LogP contribution in [0, 0.1) is 0 Å². The molecule has 0 aliphatic carbocycles. The molecule has 0 amide bonds. The van der Waals surface area contributed by atoms with Crippen LogP contribution in [0.25, 0.3) is 0 Å². The Morgan fingerprint density at radius 1 is 0.711 bits per heavy atom. The Bertz CT molecular complexity index is 1560. The lowest BCUT2D eigenvalue weighted by atomic mass is 10.0. The molecule has 4 rings (SSSR count). The molecule has 0 saturated heterocycles. The first-order valence-electron chi connectivity index (χ1n) is 13.1. The summed E-state index contributed by atoms with van der Waals surface area (Å²) in [6.07, 6.45) is -9.47. The second kappa shape index (κ2) is 13.9. The molecule has 0 aliphatic rings. The maximum atomic E-state index is 13.2. The van der Waals surface area contributed by atoms with E-state index in [0.717, 1.165) is 24.3 Å². The van der Waals surface area contributed by atoms with Gasteiger partial charge in [-0.1, -0.05) is 42.5 Å². The molecular weight excluding hydrogens is 637 g/mol. The molecule has 240 valence electrons. The summed E-state index contributed by atoms with van der Waals surface area (Å²) in [5.74, 6) is -0.179. The highest BCUT2D eigenvalue weighted by Crippen LogP contribution is 2.38. The fraction of sp³-hybridized carbons (Fsp3) is 0.226. The van der Waals surface area contributed by atoms with Crippen molar-refractivity contribution >= 4 is 17.4 Å². The van der Waals surface area contributed by atoms with Crippen LogP contribution < -0.4 is 14.4 Å². The molecule has 0 heterocycles. The van der Waals surface area contributed by atoms with Gasteiger partial charge in [-0.05, 0) is 77.0 Å². The SMILES string of the molecule is OCC(c1ccc(C(F)(F)F)cc1)N(Cc1cccc(SC(F)(F)F)c1)c1cccc(OCc2cccc(OC(F)(F)F)c2)c1. The van der Waals surface area contributed by atoms with Crippen LogP contribution in [0.1, 0.15) is 28.3 Å². The fourth-order valence-corrected chi connectivity index (χ4v) is 5.07. The Morgan fingerprint density at radius 3 is 2.00 bits per heavy atom. The van der Waals surface area contributed by atoms with Crippen LogP contribution in [0.15, 0.2) is 102 Å². The fourth-order valence-electron chi connectivity index (χ4n) is 4.45. The lowest BCUT2D eigenvalue weighted by Gasteiger charge is -2.33. The molecule has 4 aromatic carbocycles. The minimum atomic E-state index is -4.88. The molecule has 0 fully saturated rings. The number of alkyl halides is 9. The second-order valence-electron chi connectivity index (χ2n) is 9.62. The first-order valence-corrected chi connectivity index (χ1v) is 13.9. The number of nitrogens with zero attached hydrogens (tertiary/aromatic N) is 1. The van der Waals surface area contributed by atoms with Crippen molar-refractivity contribution in [3.05, 3.63) is 119 Å². The van der Waals surface area contributed by atoms with Gasteiger partial charge < -0.3 is 19.5 Å². The van der Waals surface area contributed by atoms with E-state index in [1.807, 2.05) is 0 Å². The average Bonchev–Trinajstić information content (AvgIpc) is 2.94. The molecule has 45 heavy (non-hydrogen) atoms. The van der Waals surface area contributed by atoms with Crippen molar-refractivity contribution in [2.45, 2.75) is 42.1 Å². The van der Waals surface area contributed by atoms with Gasteiger partial charge in [-0.2, -0.15) is 26.3 Å². The van der Waals surface area contributed by atoms with Crippen LogP contribution in [0.4, 0.5) is 45.2 Å². The van der Waals surface area contributed by atoms with Gasteiger partial charge in [-0.3, -0.25) is 0 Å². The number of aliphatic hydroxyl groups excluding tert-OH is 1. The minimum Gasteiger partial charge on any atom is -0.489 e. The molecule has 0 radical (unpaired) electrons. The van der Waals surface area contributed by atoms with E-state index in [0.29, 0.717) is 22.4 Å². The highest BCUT2D eigenvalue weighted by Gasteiger charge is 2.32. The van der Waals surface area contributed by atoms with Crippen LogP contribution in [0.3, 0.4) is 0 Å². The predicted octanol–water partition coefficient (Wildman–Crippen LogP) is 9.54. The maximum absolute atomic E-state index is 13.2. The Balaban J connectivity index is 1.65. The van der Waals surface area contributed by atoms with Crippen LogP contribution in [0.2, 0.25) is 0 Å². The average molecular weight is 662 g/mol. The molecule has 0 bridgehead atoms. The zero-order valence-corrected chi connectivity index (χ0v) is 23.8. The van der Waals surface area contributed by atoms with E-state index in [-0.39, 0.29) is 35.6 Å². The first-order chi connectivity index (χ1) is 21.1. The molecule has 14 heteroatoms. The summed E-state index contributed by atoms with van der Waals surface area (Å²) in [6.45, 7) is -0.782. The maximum Gasteiger partial charge on any atom is 0.573 e. The van der Waals surface area contributed by atoms with Gasteiger partial charge in [0, 0.05) is 23.2 Å². The van der Waals surface area contributed by atoms with Crippen molar-refractivity contribution < 1.29 is 54.1 Å². The van der Waals surface area contributed by atoms with Gasteiger partial charge in [-0.25, -0.2) is 0 Å². The molecule has 4 nitrogen and oxygen atoms in total. The molecule has 0 aromatic heterocycles. The number of hydrogen-bond acceptors (Lipinski definition) is 5. The van der Waals surface area contributed by atoms with E-state index in [2.05, 4.69) is 4.74 Å². The van der Waals surface area contributed by atoms with Crippen molar-refractivity contribution in [3.63, 3.8) is 0 Å². The summed E-state index contributed by atoms with van der Waals surface area (Å²) in [5.41, 5.74) is -3.95. The quantitative estimate of drug-likeness (QED) is 0.128. The number of ether oxygens (including phenoxy) is 2. The van der Waals surface area contributed by atoms with Gasteiger partial charge in [-0.15, -0.1) is 13.2 Å². The summed E-state index contributed by atoms with van der Waals surface area (Å²) < 4.78 is 126. The van der Waals surface area contributed by atoms with Crippen molar-refractivity contribution in [2.24, 2.45) is 0 Å². The number of anilines is 1. The third kappa shape index (κ3) is 10.2. The van der Waals surface area contributed by atoms with E-state index >= 15 is 0 Å². The topological polar surface area (TPSA) is 41.9 Å². The van der Waals surface area contributed by atoms with E-state index in [9.17, 15) is 44.6 Å². The van der Waals surface area contributed by atoms with Crippen molar-refractivity contribution in [1.82, 2.24) is 0 Å². The molecule has 1 atom stereocenters. The summed E-state index contributed by atoms with van der Waals surface area (Å²) in [5, 5.41) is 10.4. The molecule has 0 aliphatic heterocycles. The van der Waals surface area contributed by atoms with E-state index in [1.165, 1.54) is 48.5 Å². The Hall–Kier alpha value is -4.04. The van der Waals surface area contributed by atoms with Crippen LogP contribution in [-0.2, 0) is 19.3 Å². The second-order valence-corrected chi connectivity index (χ2v) is 10.8. The van der Waals surface area contributed by atoms with E-state index in [1.54, 1.807) is 29.2 Å². The van der Waals surface area contributed by atoms with Crippen molar-refractivity contribution in [1.29, 1.82) is 0 Å². The molecule has 0 spiro atoms. The van der Waals surface area contributed by atoms with E-state index < -0.39 is 42.0 Å². The number of thioether (sulfide) groups is 1.